The van der Waals surface area contributed by atoms with Gasteiger partial charge in [0.15, 0.2) is 5.65 Å². The van der Waals surface area contributed by atoms with E-state index in [9.17, 15) is 18.3 Å². The molecular formula is C23H25F3N8O. The van der Waals surface area contributed by atoms with Crippen molar-refractivity contribution < 1.29 is 18.3 Å². The number of hydrogen-bond acceptors (Lipinski definition) is 7. The Labute approximate surface area is 199 Å². The van der Waals surface area contributed by atoms with Crippen molar-refractivity contribution in [2.75, 3.05) is 18.4 Å². The summed E-state index contributed by atoms with van der Waals surface area (Å²) >= 11 is 0. The number of pyridine rings is 1. The van der Waals surface area contributed by atoms with Crippen molar-refractivity contribution in [2.45, 2.75) is 38.2 Å². The van der Waals surface area contributed by atoms with Crippen molar-refractivity contribution in [3.8, 4) is 22.6 Å². The Bertz CT molecular complexity index is 1340. The fourth-order valence-electron chi connectivity index (χ4n) is 4.20. The molecule has 12 heteroatoms. The maximum atomic E-state index is 13.3. The highest BCUT2D eigenvalue weighted by atomic mass is 19.4. The predicted octanol–water partition coefficient (Wildman–Crippen LogP) is 2.99. The molecule has 0 aliphatic carbocycles. The van der Waals surface area contributed by atoms with Crippen molar-refractivity contribution in [3.05, 3.63) is 48.9 Å². The summed E-state index contributed by atoms with van der Waals surface area (Å²) in [7, 11) is 0. The molecule has 0 saturated carbocycles. The lowest BCUT2D eigenvalue weighted by Crippen LogP contribution is -2.38. The van der Waals surface area contributed by atoms with E-state index in [1.165, 1.54) is 0 Å². The molecule has 1 fully saturated rings. The first kappa shape index (κ1) is 23.2. The topological polar surface area (TPSA) is 105 Å². The molecule has 35 heavy (non-hydrogen) atoms. The smallest absolute Gasteiger partial charge is 0.389 e. The van der Waals surface area contributed by atoms with Crippen LogP contribution in [0.4, 0.5) is 19.0 Å². The highest BCUT2D eigenvalue weighted by molar-refractivity contribution is 5.64. The fraction of sp³-hybridized carbons (Fsp3) is 0.391. The quantitative estimate of drug-likeness (QED) is 0.385. The average Bonchev–Trinajstić information content (AvgIpc) is 3.51. The minimum absolute atomic E-state index is 0.118. The highest BCUT2D eigenvalue weighted by Gasteiger charge is 2.47. The molecule has 3 N–H and O–H groups in total. The van der Waals surface area contributed by atoms with Gasteiger partial charge in [0.25, 0.3) is 0 Å². The first-order valence-corrected chi connectivity index (χ1v) is 11.2. The monoisotopic (exact) mass is 486 g/mol. The number of halogens is 3. The van der Waals surface area contributed by atoms with Crippen LogP contribution in [0.25, 0.3) is 28.3 Å². The van der Waals surface area contributed by atoms with Gasteiger partial charge in [-0.25, -0.2) is 14.5 Å². The normalized spacial score (nSPS) is 18.9. The summed E-state index contributed by atoms with van der Waals surface area (Å²) < 4.78 is 43.2. The number of nitrogens with one attached hydrogen (secondary N) is 2. The lowest BCUT2D eigenvalue weighted by Gasteiger charge is -2.22. The summed E-state index contributed by atoms with van der Waals surface area (Å²) in [6, 6.07) is 7.99. The van der Waals surface area contributed by atoms with Gasteiger partial charge in [0, 0.05) is 24.8 Å². The Morgan fingerprint density at radius 2 is 1.94 bits per heavy atom. The van der Waals surface area contributed by atoms with Gasteiger partial charge in [0.2, 0.25) is 0 Å². The van der Waals surface area contributed by atoms with Crippen LogP contribution in [0.1, 0.15) is 13.8 Å². The number of hydrogen-bond donors (Lipinski definition) is 3. The van der Waals surface area contributed by atoms with Crippen LogP contribution in [0.5, 0.6) is 0 Å². The van der Waals surface area contributed by atoms with Crippen LogP contribution in [-0.4, -0.2) is 65.4 Å². The molecule has 2 atom stereocenters. The van der Waals surface area contributed by atoms with E-state index in [0.29, 0.717) is 35.1 Å². The number of rotatable bonds is 6. The van der Waals surface area contributed by atoms with Crippen LogP contribution in [-0.2, 0) is 6.54 Å². The Morgan fingerprint density at radius 1 is 1.11 bits per heavy atom. The maximum Gasteiger partial charge on any atom is 0.395 e. The van der Waals surface area contributed by atoms with E-state index in [2.05, 4.69) is 30.8 Å². The van der Waals surface area contributed by atoms with Crippen molar-refractivity contribution in [1.82, 2.24) is 34.7 Å². The van der Waals surface area contributed by atoms with E-state index in [4.69, 9.17) is 0 Å². The molecule has 1 aliphatic rings. The second kappa shape index (κ2) is 8.61. The molecule has 4 aromatic heterocycles. The molecule has 0 aromatic carbocycles. The Kier molecular flexibility index (Phi) is 5.72. The zero-order valence-electron chi connectivity index (χ0n) is 19.2. The zero-order chi connectivity index (χ0) is 24.8. The summed E-state index contributed by atoms with van der Waals surface area (Å²) in [6.45, 7) is 3.84. The number of anilines is 1. The lowest BCUT2D eigenvalue weighted by molar-refractivity contribution is -0.170. The summed E-state index contributed by atoms with van der Waals surface area (Å²) in [5.41, 5.74) is 2.25. The summed E-state index contributed by atoms with van der Waals surface area (Å²) in [6.07, 6.45) is 0.817. The van der Waals surface area contributed by atoms with Crippen molar-refractivity contribution in [2.24, 2.45) is 5.92 Å². The van der Waals surface area contributed by atoms with Gasteiger partial charge >= 0.3 is 6.18 Å². The summed E-state index contributed by atoms with van der Waals surface area (Å²) in [5.74, 6) is -1.13. The van der Waals surface area contributed by atoms with Crippen LogP contribution < -0.4 is 10.6 Å². The van der Waals surface area contributed by atoms with Gasteiger partial charge in [-0.05, 0) is 38.1 Å². The van der Waals surface area contributed by atoms with E-state index in [1.54, 1.807) is 59.8 Å². The molecule has 0 spiro atoms. The molecule has 4 aromatic rings. The molecule has 9 nitrogen and oxygen atoms in total. The van der Waals surface area contributed by atoms with Gasteiger partial charge in [-0.3, -0.25) is 4.68 Å². The molecule has 184 valence electrons. The largest absolute Gasteiger partial charge is 0.395 e. The van der Waals surface area contributed by atoms with Gasteiger partial charge in [-0.15, -0.1) is 0 Å². The fourth-order valence-corrected chi connectivity index (χ4v) is 4.20. The standard InChI is InChI=1S/C23H25F3N8O/c1-22(2,35)13-33-12-14(8-29-33)16-6-7-21-28-11-19(34(21)32-16)17-4-3-5-20(30-17)31-18-10-27-9-15(18)23(24,25)26/h3-8,11-12,15,18,27,35H,9-10,13H2,1-2H3,(H,30,31)/t15-,18-/m0/s1. The molecule has 0 amide bonds. The minimum atomic E-state index is -4.29. The van der Waals surface area contributed by atoms with E-state index >= 15 is 0 Å². The first-order valence-electron chi connectivity index (χ1n) is 11.2. The number of alkyl halides is 3. The van der Waals surface area contributed by atoms with Crippen LogP contribution >= 0.6 is 0 Å². The van der Waals surface area contributed by atoms with E-state index in [1.807, 2.05) is 12.1 Å². The van der Waals surface area contributed by atoms with E-state index in [-0.39, 0.29) is 13.1 Å². The van der Waals surface area contributed by atoms with Crippen molar-refractivity contribution in [3.63, 3.8) is 0 Å². The Morgan fingerprint density at radius 3 is 2.71 bits per heavy atom. The second-order valence-electron chi connectivity index (χ2n) is 9.34. The summed E-state index contributed by atoms with van der Waals surface area (Å²) in [4.78, 5) is 8.93. The lowest BCUT2D eigenvalue weighted by atomic mass is 10.0. The molecule has 0 bridgehead atoms. The van der Waals surface area contributed by atoms with Gasteiger partial charge in [-0.2, -0.15) is 23.4 Å². The Balaban J connectivity index is 1.43. The Hall–Kier alpha value is -3.51. The first-order chi connectivity index (χ1) is 16.6. The van der Waals surface area contributed by atoms with Crippen LogP contribution in [0.15, 0.2) is 48.9 Å². The molecule has 1 saturated heterocycles. The van der Waals surface area contributed by atoms with E-state index < -0.39 is 23.7 Å². The molecule has 5 heterocycles. The van der Waals surface area contributed by atoms with Gasteiger partial charge in [0.05, 0.1) is 47.9 Å². The number of aromatic nitrogens is 6. The van der Waals surface area contributed by atoms with Gasteiger partial charge in [-0.1, -0.05) is 6.07 Å². The van der Waals surface area contributed by atoms with E-state index in [0.717, 1.165) is 5.56 Å². The third-order valence-electron chi connectivity index (χ3n) is 5.82. The second-order valence-corrected chi connectivity index (χ2v) is 9.34. The number of imidazole rings is 1. The minimum Gasteiger partial charge on any atom is -0.389 e. The molecular weight excluding hydrogens is 461 g/mol. The van der Waals surface area contributed by atoms with Crippen LogP contribution in [0.3, 0.4) is 0 Å². The van der Waals surface area contributed by atoms with Gasteiger partial charge < -0.3 is 15.7 Å². The number of nitrogens with zero attached hydrogens (tertiary/aromatic N) is 6. The van der Waals surface area contributed by atoms with Gasteiger partial charge in [0.1, 0.15) is 11.5 Å². The maximum absolute atomic E-state index is 13.3. The van der Waals surface area contributed by atoms with Crippen molar-refractivity contribution in [1.29, 1.82) is 0 Å². The summed E-state index contributed by atoms with van der Waals surface area (Å²) in [5, 5.41) is 24.7. The van der Waals surface area contributed by atoms with Crippen molar-refractivity contribution >= 4 is 11.5 Å². The molecule has 0 radical (unpaired) electrons. The number of aliphatic hydroxyl groups is 1. The highest BCUT2D eigenvalue weighted by Crippen LogP contribution is 2.32. The predicted molar refractivity (Wildman–Crippen MR) is 124 cm³/mol. The van der Waals surface area contributed by atoms with Crippen LogP contribution in [0, 0.1) is 5.92 Å². The molecule has 1 aliphatic heterocycles. The molecule has 5 rings (SSSR count). The van der Waals surface area contributed by atoms with Crippen LogP contribution in [0.2, 0.25) is 0 Å². The number of fused-ring (bicyclic) bond motifs is 1. The molecule has 0 unspecified atom stereocenters. The third kappa shape index (κ3) is 4.98. The third-order valence-corrected chi connectivity index (χ3v) is 5.82. The zero-order valence-corrected chi connectivity index (χ0v) is 19.2. The average molecular weight is 487 g/mol. The SMILES string of the molecule is CC(C)(O)Cn1cc(-c2ccc3ncc(-c4cccc(N[C@H]5CNC[C@@H]5C(F)(F)F)n4)n3n2)cn1.